The second-order valence-corrected chi connectivity index (χ2v) is 12.7. The fraction of sp³-hybridized carbons (Fsp3) is 0.341. The third kappa shape index (κ3) is 6.55. The Morgan fingerprint density at radius 1 is 0.935 bits per heavy atom. The van der Waals surface area contributed by atoms with Crippen molar-refractivity contribution in [3.05, 3.63) is 107 Å². The van der Waals surface area contributed by atoms with Gasteiger partial charge < -0.3 is 9.40 Å². The number of hydrogen-bond donors (Lipinski definition) is 0. The summed E-state index contributed by atoms with van der Waals surface area (Å²) in [5, 5.41) is 8.39. The molecule has 4 aromatic carbocycles. The maximum absolute atomic E-state index is 14.5. The number of nitrogens with zero attached hydrogens (tertiary/aromatic N) is 2. The Morgan fingerprint density at radius 3 is 2.30 bits per heavy atom. The van der Waals surface area contributed by atoms with Gasteiger partial charge in [0.1, 0.15) is 0 Å². The molecule has 0 N–H and O–H groups in total. The molecule has 5 aromatic rings. The fourth-order valence-corrected chi connectivity index (χ4v) is 6.97. The normalized spacial score (nSPS) is 12.6. The maximum Gasteiger partial charge on any atom is 0.331 e. The second-order valence-electron chi connectivity index (χ2n) is 12.7. The summed E-state index contributed by atoms with van der Waals surface area (Å²) >= 11 is 0. The number of aromatic nitrogens is 1. The predicted octanol–water partition coefficient (Wildman–Crippen LogP) is 10.6. The van der Waals surface area contributed by atoms with Crippen LogP contribution in [0, 0.1) is 26.7 Å². The summed E-state index contributed by atoms with van der Waals surface area (Å²) < 4.78 is 2.48. The first-order chi connectivity index (χ1) is 22.2. The van der Waals surface area contributed by atoms with Gasteiger partial charge in [-0.1, -0.05) is 92.4 Å². The van der Waals surface area contributed by atoms with E-state index in [0.29, 0.717) is 30.0 Å². The van der Waals surface area contributed by atoms with E-state index in [2.05, 4.69) is 91.7 Å². The molecule has 1 atom stereocenters. The zero-order valence-electron chi connectivity index (χ0n) is 28.2. The number of ketones is 1. The Labute approximate surface area is 272 Å². The highest BCUT2D eigenvalue weighted by Crippen LogP contribution is 2.39. The van der Waals surface area contributed by atoms with Crippen molar-refractivity contribution in [3.63, 3.8) is 0 Å². The highest BCUT2D eigenvalue weighted by molar-refractivity contribution is 6.26. The van der Waals surface area contributed by atoms with Crippen LogP contribution in [0.2, 0.25) is 0 Å². The number of unbranched alkanes of at least 4 members (excludes halogenated alkanes) is 1. The Hall–Kier alpha value is -4.51. The average Bonchev–Trinajstić information content (AvgIpc) is 3.34. The fourth-order valence-electron chi connectivity index (χ4n) is 6.97. The number of hydrogen-bond acceptors (Lipinski definition) is 4. The van der Waals surface area contributed by atoms with Crippen molar-refractivity contribution in [3.8, 4) is 0 Å². The summed E-state index contributed by atoms with van der Waals surface area (Å²) in [5.41, 5.74) is 8.47. The number of benzene rings is 4. The predicted molar refractivity (Wildman–Crippen MR) is 192 cm³/mol. The minimum Gasteiger partial charge on any atom is -0.340 e. The molecule has 0 aliphatic heterocycles. The molecule has 0 saturated carbocycles. The Balaban J connectivity index is 1.83. The zero-order chi connectivity index (χ0) is 33.0. The van der Waals surface area contributed by atoms with Gasteiger partial charge in [0.05, 0.1) is 11.2 Å². The molecule has 0 amide bonds. The molecule has 0 radical (unpaired) electrons. The molecule has 238 valence electrons. The van der Waals surface area contributed by atoms with Crippen molar-refractivity contribution in [2.75, 3.05) is 0 Å². The number of oxime groups is 1. The second kappa shape index (κ2) is 14.3. The van der Waals surface area contributed by atoms with Crippen molar-refractivity contribution >= 4 is 50.0 Å². The molecule has 0 aliphatic rings. The van der Waals surface area contributed by atoms with Crippen LogP contribution in [-0.4, -0.2) is 22.0 Å². The monoisotopic (exact) mass is 614 g/mol. The topological polar surface area (TPSA) is 60.7 Å². The molecular formula is C41H46N2O3. The molecule has 46 heavy (non-hydrogen) atoms. The first-order valence-corrected chi connectivity index (χ1v) is 16.6. The van der Waals surface area contributed by atoms with E-state index in [0.717, 1.165) is 73.4 Å². The minimum atomic E-state index is -0.456. The SMILES string of the molecule is C=CCC/C(=N\OC(C)=O)c1ccc2c(c1)c1cc(C(=O)c3c(C)cc(C)cc3C)c3ccccc3c1n2CC(CC)CCCC. The van der Waals surface area contributed by atoms with Crippen LogP contribution >= 0.6 is 0 Å². The van der Waals surface area contributed by atoms with Crippen LogP contribution in [0.15, 0.2) is 78.5 Å². The molecule has 1 heterocycles. The van der Waals surface area contributed by atoms with E-state index in [-0.39, 0.29) is 5.78 Å². The average molecular weight is 615 g/mol. The van der Waals surface area contributed by atoms with E-state index in [1.807, 2.05) is 26.0 Å². The van der Waals surface area contributed by atoms with Crippen LogP contribution < -0.4 is 0 Å². The Morgan fingerprint density at radius 2 is 1.65 bits per heavy atom. The van der Waals surface area contributed by atoms with Gasteiger partial charge in [-0.3, -0.25) is 4.79 Å². The molecule has 0 bridgehead atoms. The highest BCUT2D eigenvalue weighted by atomic mass is 16.7. The summed E-state index contributed by atoms with van der Waals surface area (Å²) in [6, 6.07) is 21.0. The molecule has 0 saturated heterocycles. The van der Waals surface area contributed by atoms with Crippen LogP contribution in [0.1, 0.15) is 97.5 Å². The van der Waals surface area contributed by atoms with Gasteiger partial charge in [-0.15, -0.1) is 6.58 Å². The number of carbonyl (C=O) groups excluding carboxylic acids is 2. The first kappa shape index (κ1) is 32.9. The minimum absolute atomic E-state index is 0.0441. The van der Waals surface area contributed by atoms with Gasteiger partial charge in [0.2, 0.25) is 0 Å². The van der Waals surface area contributed by atoms with E-state index in [4.69, 9.17) is 4.84 Å². The van der Waals surface area contributed by atoms with E-state index in [1.54, 1.807) is 0 Å². The van der Waals surface area contributed by atoms with Crippen molar-refractivity contribution in [1.29, 1.82) is 0 Å². The maximum atomic E-state index is 14.5. The number of allylic oxidation sites excluding steroid dienone is 1. The Bertz CT molecular complexity index is 1950. The van der Waals surface area contributed by atoms with Gasteiger partial charge >= 0.3 is 5.97 Å². The lowest BCUT2D eigenvalue weighted by Crippen LogP contribution is -2.11. The highest BCUT2D eigenvalue weighted by Gasteiger charge is 2.23. The summed E-state index contributed by atoms with van der Waals surface area (Å²) in [6.45, 7) is 16.8. The van der Waals surface area contributed by atoms with E-state index < -0.39 is 5.97 Å². The number of rotatable bonds is 13. The van der Waals surface area contributed by atoms with E-state index in [1.165, 1.54) is 26.2 Å². The van der Waals surface area contributed by atoms with E-state index >= 15 is 0 Å². The molecule has 1 unspecified atom stereocenters. The van der Waals surface area contributed by atoms with Crippen molar-refractivity contribution in [2.45, 2.75) is 86.6 Å². The third-order valence-corrected chi connectivity index (χ3v) is 9.20. The van der Waals surface area contributed by atoms with Crippen molar-refractivity contribution in [1.82, 2.24) is 4.57 Å². The number of fused-ring (bicyclic) bond motifs is 5. The molecule has 0 spiro atoms. The Kier molecular flexibility index (Phi) is 10.2. The van der Waals surface area contributed by atoms with Gasteiger partial charge in [0.15, 0.2) is 5.78 Å². The summed E-state index contributed by atoms with van der Waals surface area (Å²) in [5.74, 6) is 0.121. The molecule has 5 nitrogen and oxygen atoms in total. The first-order valence-electron chi connectivity index (χ1n) is 16.6. The summed E-state index contributed by atoms with van der Waals surface area (Å²) in [6.07, 6.45) is 7.78. The van der Waals surface area contributed by atoms with Gasteiger partial charge in [0.25, 0.3) is 0 Å². The lowest BCUT2D eigenvalue weighted by molar-refractivity contribution is -0.140. The van der Waals surface area contributed by atoms with Gasteiger partial charge in [-0.05, 0) is 80.7 Å². The van der Waals surface area contributed by atoms with Gasteiger partial charge in [-0.2, -0.15) is 0 Å². The third-order valence-electron chi connectivity index (χ3n) is 9.20. The van der Waals surface area contributed by atoms with Crippen molar-refractivity contribution < 1.29 is 14.4 Å². The smallest absolute Gasteiger partial charge is 0.331 e. The molecule has 1 aromatic heterocycles. The molecule has 5 heteroatoms. The number of aryl methyl sites for hydroxylation is 3. The largest absolute Gasteiger partial charge is 0.340 e. The van der Waals surface area contributed by atoms with Crippen LogP contribution in [0.5, 0.6) is 0 Å². The molecule has 0 aliphatic carbocycles. The van der Waals surface area contributed by atoms with Crippen LogP contribution in [0.3, 0.4) is 0 Å². The summed E-state index contributed by atoms with van der Waals surface area (Å²) in [4.78, 5) is 31.3. The van der Waals surface area contributed by atoms with Crippen LogP contribution in [-0.2, 0) is 16.2 Å². The standard InChI is InChI=1S/C41H46N2O3/c1-8-11-15-30(10-3)25-43-38-20-19-31(37(18-12-9-2)42-46-29(7)44)23-34(38)35-24-36(32-16-13-14-17-33(32)40(35)43)41(45)39-27(5)21-26(4)22-28(39)6/h9,13-14,16-17,19-24,30H,2,8,10-12,15,18,25H2,1,3-7H3/b42-37+. The van der Waals surface area contributed by atoms with Gasteiger partial charge in [0, 0.05) is 51.8 Å². The van der Waals surface area contributed by atoms with E-state index in [9.17, 15) is 9.59 Å². The van der Waals surface area contributed by atoms with Crippen LogP contribution in [0.25, 0.3) is 32.6 Å². The lowest BCUT2D eigenvalue weighted by atomic mass is 9.89. The lowest BCUT2D eigenvalue weighted by Gasteiger charge is -2.19. The molecule has 0 fully saturated rings. The van der Waals surface area contributed by atoms with Crippen molar-refractivity contribution in [2.24, 2.45) is 11.1 Å². The molecular weight excluding hydrogens is 568 g/mol. The van der Waals surface area contributed by atoms with Crippen LogP contribution in [0.4, 0.5) is 0 Å². The van der Waals surface area contributed by atoms with Gasteiger partial charge in [-0.25, -0.2) is 4.79 Å². The quantitative estimate of drug-likeness (QED) is 0.0436. The summed E-state index contributed by atoms with van der Waals surface area (Å²) in [7, 11) is 0. The number of carbonyl (C=O) groups is 2. The molecule has 5 rings (SSSR count). The zero-order valence-corrected chi connectivity index (χ0v) is 28.2.